The van der Waals surface area contributed by atoms with Gasteiger partial charge in [-0.2, -0.15) is 0 Å². The topological polar surface area (TPSA) is 84.9 Å². The molecule has 0 radical (unpaired) electrons. The maximum absolute atomic E-state index is 9.23. The number of hydrogen-bond donors (Lipinski definition) is 3. The molecule has 11 heavy (non-hydrogen) atoms. The van der Waals surface area contributed by atoms with Crippen molar-refractivity contribution in [3.05, 3.63) is 0 Å². The van der Waals surface area contributed by atoms with Crippen LogP contribution in [0.3, 0.4) is 0 Å². The minimum Gasteiger partial charge on any atom is -0.388 e. The molecular weight excluding hydrogens is 150 g/mol. The van der Waals surface area contributed by atoms with E-state index >= 15 is 0 Å². The Hall–Kier alpha value is -0.200. The van der Waals surface area contributed by atoms with Gasteiger partial charge in [-0.3, -0.25) is 0 Å². The van der Waals surface area contributed by atoms with Crippen LogP contribution < -0.4 is 5.73 Å². The average Bonchev–Trinajstić information content (AvgIpc) is 2.01. The van der Waals surface area contributed by atoms with Gasteiger partial charge in [-0.15, -0.1) is 0 Å². The van der Waals surface area contributed by atoms with Crippen molar-refractivity contribution in [1.82, 2.24) is 0 Å². The van der Waals surface area contributed by atoms with Crippen LogP contribution in [-0.4, -0.2) is 48.5 Å². The molecular formula is C6H13NO4. The summed E-state index contributed by atoms with van der Waals surface area (Å²) in [6.07, 6.45) is -2.78. The van der Waals surface area contributed by atoms with E-state index in [4.69, 9.17) is 15.2 Å². The fourth-order valence-corrected chi connectivity index (χ4v) is 1.02. The molecule has 1 heterocycles. The van der Waals surface area contributed by atoms with E-state index in [0.717, 1.165) is 0 Å². The van der Waals surface area contributed by atoms with Gasteiger partial charge in [0.15, 0.2) is 6.29 Å². The van der Waals surface area contributed by atoms with Crippen molar-refractivity contribution in [1.29, 1.82) is 0 Å². The van der Waals surface area contributed by atoms with E-state index in [2.05, 4.69) is 0 Å². The fraction of sp³-hybridized carbons (Fsp3) is 1.00. The lowest BCUT2D eigenvalue weighted by Crippen LogP contribution is -2.56. The van der Waals surface area contributed by atoms with Crippen LogP contribution in [0.1, 0.15) is 0 Å². The smallest absolute Gasteiger partial charge is 0.185 e. The molecule has 0 saturated carbocycles. The zero-order valence-corrected chi connectivity index (χ0v) is 6.30. The summed E-state index contributed by atoms with van der Waals surface area (Å²) in [6.45, 7) is 0.205. The highest BCUT2D eigenvalue weighted by Crippen LogP contribution is 2.14. The standard InChI is InChI=1S/C6H13NO4/c1-10-6-5(9)4(8)3(7)2-11-6/h3-6,8-9H,2,7H2,1H3/t3-,4-,5+,6+/m0/s1. The highest BCUT2D eigenvalue weighted by atomic mass is 16.7. The van der Waals surface area contributed by atoms with Gasteiger partial charge in [0.25, 0.3) is 0 Å². The van der Waals surface area contributed by atoms with Crippen LogP contribution in [0.4, 0.5) is 0 Å². The summed E-state index contributed by atoms with van der Waals surface area (Å²) >= 11 is 0. The Labute approximate surface area is 64.7 Å². The Morgan fingerprint density at radius 3 is 2.64 bits per heavy atom. The molecule has 1 aliphatic rings. The first-order valence-corrected chi connectivity index (χ1v) is 3.43. The quantitative estimate of drug-likeness (QED) is 0.418. The van der Waals surface area contributed by atoms with Crippen LogP contribution in [0, 0.1) is 0 Å². The lowest BCUT2D eigenvalue weighted by Gasteiger charge is -2.34. The van der Waals surface area contributed by atoms with Crippen LogP contribution in [0.5, 0.6) is 0 Å². The van der Waals surface area contributed by atoms with Crippen LogP contribution in [0.25, 0.3) is 0 Å². The van der Waals surface area contributed by atoms with E-state index in [1.54, 1.807) is 0 Å². The second kappa shape index (κ2) is 3.46. The number of aliphatic hydroxyl groups excluding tert-OH is 2. The van der Waals surface area contributed by atoms with Gasteiger partial charge in [0.2, 0.25) is 0 Å². The minimum atomic E-state index is -1.05. The van der Waals surface area contributed by atoms with Gasteiger partial charge in [-0.25, -0.2) is 0 Å². The number of hydrogen-bond acceptors (Lipinski definition) is 5. The van der Waals surface area contributed by atoms with E-state index in [0.29, 0.717) is 0 Å². The summed E-state index contributed by atoms with van der Waals surface area (Å²) < 4.78 is 9.70. The van der Waals surface area contributed by atoms with Crippen molar-refractivity contribution in [2.24, 2.45) is 5.73 Å². The first-order valence-electron chi connectivity index (χ1n) is 3.43. The van der Waals surface area contributed by atoms with Gasteiger partial charge in [-0.1, -0.05) is 0 Å². The second-order valence-corrected chi connectivity index (χ2v) is 2.58. The number of ether oxygens (including phenoxy) is 2. The molecule has 1 saturated heterocycles. The summed E-state index contributed by atoms with van der Waals surface area (Å²) in [7, 11) is 1.40. The third-order valence-corrected chi connectivity index (χ3v) is 1.75. The van der Waals surface area contributed by atoms with Crippen molar-refractivity contribution >= 4 is 0 Å². The summed E-state index contributed by atoms with van der Waals surface area (Å²) in [6, 6.07) is -0.531. The average molecular weight is 163 g/mol. The van der Waals surface area contributed by atoms with E-state index < -0.39 is 24.5 Å². The molecule has 66 valence electrons. The maximum Gasteiger partial charge on any atom is 0.185 e. The molecule has 5 nitrogen and oxygen atoms in total. The number of nitrogens with two attached hydrogens (primary N) is 1. The summed E-state index contributed by atoms with van der Waals surface area (Å²) in [5.41, 5.74) is 5.40. The SMILES string of the molecule is CO[C@@H]1OC[C@H](N)[C@H](O)[C@H]1O. The van der Waals surface area contributed by atoms with Crippen molar-refractivity contribution in [3.63, 3.8) is 0 Å². The molecule has 0 amide bonds. The second-order valence-electron chi connectivity index (χ2n) is 2.58. The van der Waals surface area contributed by atoms with Crippen LogP contribution >= 0.6 is 0 Å². The van der Waals surface area contributed by atoms with E-state index in [1.165, 1.54) is 7.11 Å². The van der Waals surface area contributed by atoms with Gasteiger partial charge in [0.1, 0.15) is 12.2 Å². The molecule has 0 aliphatic carbocycles. The van der Waals surface area contributed by atoms with E-state index in [-0.39, 0.29) is 6.61 Å². The molecule has 0 unspecified atom stereocenters. The zero-order valence-electron chi connectivity index (χ0n) is 6.30. The molecule has 0 aromatic heterocycles. The first kappa shape index (κ1) is 8.89. The Kier molecular flexibility index (Phi) is 2.80. The molecule has 0 bridgehead atoms. The molecule has 4 N–H and O–H groups in total. The fourth-order valence-electron chi connectivity index (χ4n) is 1.02. The third-order valence-electron chi connectivity index (χ3n) is 1.75. The number of methoxy groups -OCH3 is 1. The maximum atomic E-state index is 9.23. The van der Waals surface area contributed by atoms with E-state index in [9.17, 15) is 10.2 Å². The Balaban J connectivity index is 2.52. The zero-order chi connectivity index (χ0) is 8.43. The summed E-state index contributed by atoms with van der Waals surface area (Å²) in [5, 5.41) is 18.4. The molecule has 1 aliphatic heterocycles. The largest absolute Gasteiger partial charge is 0.388 e. The third kappa shape index (κ3) is 1.69. The summed E-state index contributed by atoms with van der Waals surface area (Å²) in [5.74, 6) is 0. The van der Waals surface area contributed by atoms with E-state index in [1.807, 2.05) is 0 Å². The molecule has 0 spiro atoms. The highest BCUT2D eigenvalue weighted by molar-refractivity contribution is 4.84. The molecule has 1 fully saturated rings. The number of rotatable bonds is 1. The predicted octanol–water partition coefficient (Wildman–Crippen LogP) is -1.96. The lowest BCUT2D eigenvalue weighted by atomic mass is 10.0. The van der Waals surface area contributed by atoms with Crippen LogP contribution in [-0.2, 0) is 9.47 Å². The molecule has 1 rings (SSSR count). The van der Waals surface area contributed by atoms with Crippen LogP contribution in [0.2, 0.25) is 0 Å². The van der Waals surface area contributed by atoms with Gasteiger partial charge in [0, 0.05) is 7.11 Å². The monoisotopic (exact) mass is 163 g/mol. The van der Waals surface area contributed by atoms with Crippen molar-refractivity contribution < 1.29 is 19.7 Å². The van der Waals surface area contributed by atoms with Gasteiger partial charge < -0.3 is 25.4 Å². The molecule has 0 aromatic carbocycles. The first-order chi connectivity index (χ1) is 5.16. The predicted molar refractivity (Wildman–Crippen MR) is 36.7 cm³/mol. The lowest BCUT2D eigenvalue weighted by molar-refractivity contribution is -0.237. The summed E-state index contributed by atoms with van der Waals surface area (Å²) in [4.78, 5) is 0. The minimum absolute atomic E-state index is 0.205. The highest BCUT2D eigenvalue weighted by Gasteiger charge is 2.36. The Morgan fingerprint density at radius 2 is 2.09 bits per heavy atom. The Bertz CT molecular complexity index is 130. The normalized spacial score (nSPS) is 45.8. The van der Waals surface area contributed by atoms with Crippen molar-refractivity contribution in [2.45, 2.75) is 24.5 Å². The van der Waals surface area contributed by atoms with Gasteiger partial charge in [0.05, 0.1) is 12.6 Å². The van der Waals surface area contributed by atoms with Crippen molar-refractivity contribution in [2.75, 3.05) is 13.7 Å². The Morgan fingerprint density at radius 1 is 1.45 bits per heavy atom. The van der Waals surface area contributed by atoms with Crippen molar-refractivity contribution in [3.8, 4) is 0 Å². The molecule has 0 aromatic rings. The van der Waals surface area contributed by atoms with Gasteiger partial charge >= 0.3 is 0 Å². The van der Waals surface area contributed by atoms with Gasteiger partial charge in [-0.05, 0) is 0 Å². The molecule has 4 atom stereocenters. The number of aliphatic hydroxyl groups is 2. The van der Waals surface area contributed by atoms with Crippen LogP contribution in [0.15, 0.2) is 0 Å². The molecule has 5 heteroatoms.